The standard InChI is InChI=1S/C22H28N8O2/c1-14-10-18(26-19-11-15(2)28-29-19)27-22(24-14)30-8-6-17(7-9-30)25-20(31)12-16-4-5-21(32-3)23-13-16/h4-5,10-11,13,17H,6-9,12H2,1-3H3,(H,25,31)(H2,24,26,27,28,29). The van der Waals surface area contributed by atoms with Gasteiger partial charge in [0.25, 0.3) is 0 Å². The van der Waals surface area contributed by atoms with Crippen LogP contribution in [0.25, 0.3) is 0 Å². The number of H-pyrrole nitrogens is 1. The second kappa shape index (κ2) is 9.63. The van der Waals surface area contributed by atoms with E-state index >= 15 is 0 Å². The molecule has 0 saturated carbocycles. The molecule has 0 radical (unpaired) electrons. The van der Waals surface area contributed by atoms with Crippen molar-refractivity contribution in [3.63, 3.8) is 0 Å². The van der Waals surface area contributed by atoms with Gasteiger partial charge >= 0.3 is 0 Å². The van der Waals surface area contributed by atoms with E-state index in [0.29, 0.717) is 24.1 Å². The van der Waals surface area contributed by atoms with Gasteiger partial charge < -0.3 is 20.3 Å². The summed E-state index contributed by atoms with van der Waals surface area (Å²) < 4.78 is 5.05. The fraction of sp³-hybridized carbons (Fsp3) is 0.409. The number of aromatic amines is 1. The van der Waals surface area contributed by atoms with Gasteiger partial charge in [0.05, 0.1) is 13.5 Å². The maximum atomic E-state index is 12.4. The molecule has 1 amide bonds. The molecule has 1 saturated heterocycles. The Morgan fingerprint density at radius 2 is 2.00 bits per heavy atom. The largest absolute Gasteiger partial charge is 0.481 e. The second-order valence-corrected chi connectivity index (χ2v) is 7.97. The van der Waals surface area contributed by atoms with Crippen molar-refractivity contribution in [1.82, 2.24) is 30.5 Å². The molecule has 10 nitrogen and oxygen atoms in total. The van der Waals surface area contributed by atoms with Gasteiger partial charge in [0.15, 0.2) is 5.82 Å². The van der Waals surface area contributed by atoms with Crippen LogP contribution in [0, 0.1) is 13.8 Å². The number of aromatic nitrogens is 5. The number of methoxy groups -OCH3 is 1. The first-order valence-corrected chi connectivity index (χ1v) is 10.7. The predicted molar refractivity (Wildman–Crippen MR) is 121 cm³/mol. The number of pyridine rings is 1. The molecule has 4 heterocycles. The van der Waals surface area contributed by atoms with E-state index in [1.165, 1.54) is 0 Å². The van der Waals surface area contributed by atoms with Gasteiger partial charge in [-0.25, -0.2) is 9.97 Å². The maximum Gasteiger partial charge on any atom is 0.227 e. The van der Waals surface area contributed by atoms with E-state index in [1.54, 1.807) is 19.4 Å². The Balaban J connectivity index is 1.30. The minimum Gasteiger partial charge on any atom is -0.481 e. The van der Waals surface area contributed by atoms with Crippen molar-refractivity contribution < 1.29 is 9.53 Å². The number of carbonyl (C=O) groups excluding carboxylic acids is 1. The van der Waals surface area contributed by atoms with Crippen LogP contribution in [0.2, 0.25) is 0 Å². The summed E-state index contributed by atoms with van der Waals surface area (Å²) >= 11 is 0. The summed E-state index contributed by atoms with van der Waals surface area (Å²) in [5, 5.41) is 13.5. The number of piperidine rings is 1. The molecule has 0 unspecified atom stereocenters. The van der Waals surface area contributed by atoms with Crippen LogP contribution in [0.1, 0.15) is 29.8 Å². The van der Waals surface area contributed by atoms with E-state index in [0.717, 1.165) is 48.7 Å². The number of anilines is 3. The summed E-state index contributed by atoms with van der Waals surface area (Å²) in [6.07, 6.45) is 3.66. The molecule has 1 fully saturated rings. The average molecular weight is 437 g/mol. The van der Waals surface area contributed by atoms with Gasteiger partial charge in [0.2, 0.25) is 17.7 Å². The molecule has 3 aromatic heterocycles. The maximum absolute atomic E-state index is 12.4. The van der Waals surface area contributed by atoms with Gasteiger partial charge in [-0.05, 0) is 32.3 Å². The molecule has 3 N–H and O–H groups in total. The minimum absolute atomic E-state index is 0.00278. The van der Waals surface area contributed by atoms with E-state index in [2.05, 4.69) is 40.7 Å². The lowest BCUT2D eigenvalue weighted by molar-refractivity contribution is -0.121. The number of nitrogens with zero attached hydrogens (tertiary/aromatic N) is 5. The molecular weight excluding hydrogens is 408 g/mol. The van der Waals surface area contributed by atoms with E-state index in [9.17, 15) is 4.79 Å². The van der Waals surface area contributed by atoms with E-state index in [1.807, 2.05) is 32.0 Å². The van der Waals surface area contributed by atoms with Crippen LogP contribution >= 0.6 is 0 Å². The number of rotatable bonds is 7. The lowest BCUT2D eigenvalue weighted by Crippen LogP contribution is -2.45. The molecule has 168 valence electrons. The Kier molecular flexibility index (Phi) is 6.48. The van der Waals surface area contributed by atoms with Gasteiger partial charge in [-0.3, -0.25) is 9.89 Å². The fourth-order valence-corrected chi connectivity index (χ4v) is 3.70. The van der Waals surface area contributed by atoms with Gasteiger partial charge in [-0.15, -0.1) is 0 Å². The molecule has 10 heteroatoms. The quantitative estimate of drug-likeness (QED) is 0.516. The Labute approximate surface area is 186 Å². The Morgan fingerprint density at radius 3 is 2.66 bits per heavy atom. The van der Waals surface area contributed by atoms with Crippen molar-refractivity contribution in [1.29, 1.82) is 0 Å². The summed E-state index contributed by atoms with van der Waals surface area (Å²) in [4.78, 5) is 28.0. The van der Waals surface area contributed by atoms with Crippen molar-refractivity contribution >= 4 is 23.5 Å². The van der Waals surface area contributed by atoms with Crippen molar-refractivity contribution in [2.75, 3.05) is 30.4 Å². The van der Waals surface area contributed by atoms with Crippen LogP contribution in [-0.4, -0.2) is 57.3 Å². The Hall–Kier alpha value is -3.69. The number of hydrogen-bond donors (Lipinski definition) is 3. The number of amides is 1. The van der Waals surface area contributed by atoms with Crippen LogP contribution < -0.4 is 20.3 Å². The Bertz CT molecular complexity index is 1060. The van der Waals surface area contributed by atoms with Crippen LogP contribution in [0.4, 0.5) is 17.6 Å². The summed E-state index contributed by atoms with van der Waals surface area (Å²) in [6, 6.07) is 7.58. The zero-order valence-corrected chi connectivity index (χ0v) is 18.6. The van der Waals surface area contributed by atoms with Crippen LogP contribution in [-0.2, 0) is 11.2 Å². The molecular formula is C22H28N8O2. The first-order chi connectivity index (χ1) is 15.5. The molecule has 0 aliphatic carbocycles. The van der Waals surface area contributed by atoms with Crippen LogP contribution in [0.3, 0.4) is 0 Å². The molecule has 3 aromatic rings. The molecule has 0 aromatic carbocycles. The summed E-state index contributed by atoms with van der Waals surface area (Å²) in [5.41, 5.74) is 2.72. The molecule has 0 atom stereocenters. The number of ether oxygens (including phenoxy) is 1. The lowest BCUT2D eigenvalue weighted by Gasteiger charge is -2.32. The normalized spacial score (nSPS) is 14.3. The molecule has 0 spiro atoms. The third-order valence-electron chi connectivity index (χ3n) is 5.32. The first-order valence-electron chi connectivity index (χ1n) is 10.7. The van der Waals surface area contributed by atoms with E-state index in [4.69, 9.17) is 4.74 Å². The summed E-state index contributed by atoms with van der Waals surface area (Å²) in [6.45, 7) is 5.46. The Morgan fingerprint density at radius 1 is 1.19 bits per heavy atom. The number of carbonyl (C=O) groups is 1. The zero-order valence-electron chi connectivity index (χ0n) is 18.6. The monoisotopic (exact) mass is 436 g/mol. The minimum atomic E-state index is 0.00278. The lowest BCUT2D eigenvalue weighted by atomic mass is 10.0. The molecule has 1 aliphatic heterocycles. The van der Waals surface area contributed by atoms with Crippen LogP contribution in [0.15, 0.2) is 30.5 Å². The first kappa shape index (κ1) is 21.5. The SMILES string of the molecule is COc1ccc(CC(=O)NC2CCN(c3nc(C)cc(Nc4cc(C)[nH]n4)n3)CC2)cn1. The average Bonchev–Trinajstić information content (AvgIpc) is 3.18. The highest BCUT2D eigenvalue weighted by atomic mass is 16.5. The van der Waals surface area contributed by atoms with Crippen molar-refractivity contribution in [2.24, 2.45) is 0 Å². The highest BCUT2D eigenvalue weighted by Gasteiger charge is 2.23. The fourth-order valence-electron chi connectivity index (χ4n) is 3.70. The second-order valence-electron chi connectivity index (χ2n) is 7.97. The molecule has 1 aliphatic rings. The smallest absolute Gasteiger partial charge is 0.227 e. The number of aryl methyl sites for hydroxylation is 2. The number of hydrogen-bond acceptors (Lipinski definition) is 8. The van der Waals surface area contributed by atoms with E-state index < -0.39 is 0 Å². The van der Waals surface area contributed by atoms with Crippen molar-refractivity contribution in [3.05, 3.63) is 47.4 Å². The summed E-state index contributed by atoms with van der Waals surface area (Å²) in [5.74, 6) is 2.66. The van der Waals surface area contributed by atoms with Crippen molar-refractivity contribution in [2.45, 2.75) is 39.2 Å². The molecule has 32 heavy (non-hydrogen) atoms. The topological polar surface area (TPSA) is 121 Å². The molecule has 0 bridgehead atoms. The van der Waals surface area contributed by atoms with Gasteiger partial charge in [-0.2, -0.15) is 10.1 Å². The van der Waals surface area contributed by atoms with Gasteiger partial charge in [0.1, 0.15) is 5.82 Å². The van der Waals surface area contributed by atoms with Gasteiger partial charge in [0, 0.05) is 54.9 Å². The zero-order chi connectivity index (χ0) is 22.5. The third-order valence-corrected chi connectivity index (χ3v) is 5.32. The number of nitrogens with one attached hydrogen (secondary N) is 3. The van der Waals surface area contributed by atoms with Crippen molar-refractivity contribution in [3.8, 4) is 5.88 Å². The highest BCUT2D eigenvalue weighted by Crippen LogP contribution is 2.21. The summed E-state index contributed by atoms with van der Waals surface area (Å²) in [7, 11) is 1.57. The van der Waals surface area contributed by atoms with E-state index in [-0.39, 0.29) is 11.9 Å². The molecule has 4 rings (SSSR count). The van der Waals surface area contributed by atoms with Crippen LogP contribution in [0.5, 0.6) is 5.88 Å². The highest BCUT2D eigenvalue weighted by molar-refractivity contribution is 5.78. The predicted octanol–water partition coefficient (Wildman–Crippen LogP) is 2.29. The third kappa shape index (κ3) is 5.51. The van der Waals surface area contributed by atoms with Gasteiger partial charge in [-0.1, -0.05) is 6.07 Å².